The number of nitrogens with two attached hydrogens (primary N) is 2. The predicted octanol–water partition coefficient (Wildman–Crippen LogP) is 0.469. The minimum absolute atomic E-state index is 0. The highest BCUT2D eigenvalue weighted by atomic mass is 17.0. The highest BCUT2D eigenvalue weighted by molar-refractivity contribution is 5.76. The number of carbonyl (C=O) groups is 2. The molecule has 4 N–H and O–H groups in total. The second-order valence-corrected chi connectivity index (χ2v) is 6.34. The maximum Gasteiger partial charge on any atom is 0.323 e. The molecule has 0 rings (SSSR count). The molecule has 14 nitrogen and oxygen atoms in total. The third-order valence-corrected chi connectivity index (χ3v) is 3.23. The number of hydrogen-bond acceptors (Lipinski definition) is 12. The summed E-state index contributed by atoms with van der Waals surface area (Å²) < 4.78 is 9.40. The van der Waals surface area contributed by atoms with Crippen molar-refractivity contribution >= 4 is 11.9 Å². The van der Waals surface area contributed by atoms with Crippen LogP contribution in [0.1, 0.15) is 41.5 Å². The summed E-state index contributed by atoms with van der Waals surface area (Å²) in [5.74, 6) is -1.09. The number of nitrogens with zero attached hydrogens (tertiary/aromatic N) is 2. The van der Waals surface area contributed by atoms with E-state index in [0.29, 0.717) is 0 Å². The van der Waals surface area contributed by atoms with Gasteiger partial charge in [-0.1, -0.05) is 35.1 Å². The zero-order valence-corrected chi connectivity index (χ0v) is 17.0. The average molecular weight is 442 g/mol. The molecule has 0 aromatic rings. The molecule has 2 unspecified atom stereocenters. The van der Waals surface area contributed by atoms with Crippen LogP contribution in [0.5, 0.6) is 0 Å². The quantitative estimate of drug-likeness (QED) is 0.172. The van der Waals surface area contributed by atoms with Gasteiger partial charge >= 0.3 is 11.9 Å². The average Bonchev–Trinajstić information content (AvgIpc) is 2.63. The second kappa shape index (κ2) is 18.3. The normalized spacial score (nSPS) is 11.9. The van der Waals surface area contributed by atoms with E-state index >= 15 is 0 Å². The van der Waals surface area contributed by atoms with E-state index in [1.807, 2.05) is 13.8 Å². The Hall–Kier alpha value is -2.74. The lowest BCUT2D eigenvalue weighted by molar-refractivity contribution is -0.757. The fraction of sp³-hybridized carbons (Fsp3) is 0.875. The van der Waals surface area contributed by atoms with Crippen LogP contribution in [0.25, 0.3) is 0 Å². The van der Waals surface area contributed by atoms with Gasteiger partial charge < -0.3 is 30.6 Å². The third kappa shape index (κ3) is 18.6. The van der Waals surface area contributed by atoms with Crippen LogP contribution in [0, 0.1) is 32.1 Å². The number of carbonyl (C=O) groups excluding carboxylic acids is 2. The van der Waals surface area contributed by atoms with Crippen LogP contribution in [0.4, 0.5) is 0 Å². The van der Waals surface area contributed by atoms with E-state index in [2.05, 4.69) is 14.4 Å². The summed E-state index contributed by atoms with van der Waals surface area (Å²) in [6.07, 6.45) is 0.275. The van der Waals surface area contributed by atoms with Crippen molar-refractivity contribution < 1.29 is 38.9 Å². The minimum atomic E-state index is -0.948. The number of hydrogen-bond donors (Lipinski definition) is 2. The van der Waals surface area contributed by atoms with Crippen molar-refractivity contribution in [2.75, 3.05) is 26.4 Å². The van der Waals surface area contributed by atoms with Gasteiger partial charge in [0, 0.05) is 6.42 Å². The molecule has 0 aliphatic rings. The van der Waals surface area contributed by atoms with Crippen LogP contribution in [-0.2, 0) is 28.7 Å². The van der Waals surface area contributed by atoms with Gasteiger partial charge in [0.1, 0.15) is 25.3 Å². The van der Waals surface area contributed by atoms with Crippen molar-refractivity contribution in [3.05, 3.63) is 20.2 Å². The molecule has 0 fully saturated rings. The Morgan fingerprint density at radius 1 is 0.767 bits per heavy atom. The van der Waals surface area contributed by atoms with E-state index in [-0.39, 0.29) is 52.1 Å². The Morgan fingerprint density at radius 3 is 1.50 bits per heavy atom. The predicted molar refractivity (Wildman–Crippen MR) is 105 cm³/mol. The highest BCUT2D eigenvalue weighted by Crippen LogP contribution is 2.01. The molecule has 0 amide bonds. The minimum Gasteiger partial charge on any atom is -0.464 e. The van der Waals surface area contributed by atoms with Crippen molar-refractivity contribution in [3.63, 3.8) is 0 Å². The van der Waals surface area contributed by atoms with Gasteiger partial charge in [-0.15, -0.1) is 20.2 Å². The van der Waals surface area contributed by atoms with Gasteiger partial charge in [-0.3, -0.25) is 9.59 Å². The second-order valence-electron chi connectivity index (χ2n) is 6.34. The molecule has 0 aromatic carbocycles. The first kappa shape index (κ1) is 31.9. The van der Waals surface area contributed by atoms with Gasteiger partial charge in [0.05, 0.1) is 13.2 Å². The first-order valence-electron chi connectivity index (χ1n) is 8.79. The van der Waals surface area contributed by atoms with E-state index < -0.39 is 34.2 Å². The zero-order chi connectivity index (χ0) is 23.0. The molecule has 0 saturated heterocycles. The molecule has 0 heterocycles. The molecule has 0 saturated carbocycles. The molecule has 0 radical (unpaired) electrons. The summed E-state index contributed by atoms with van der Waals surface area (Å²) in [6.45, 7) is 6.72. The number of rotatable bonds is 13. The molecule has 0 bridgehead atoms. The smallest absolute Gasteiger partial charge is 0.323 e. The Bertz CT molecular complexity index is 516. The fourth-order valence-corrected chi connectivity index (χ4v) is 1.36. The van der Waals surface area contributed by atoms with Crippen molar-refractivity contribution in [2.45, 2.75) is 53.6 Å². The zero-order valence-electron chi connectivity index (χ0n) is 17.0. The van der Waals surface area contributed by atoms with Crippen molar-refractivity contribution in [1.82, 2.24) is 0 Å². The first-order valence-corrected chi connectivity index (χ1v) is 8.79. The van der Waals surface area contributed by atoms with Gasteiger partial charge in [0.2, 0.25) is 0 Å². The molecular weight excluding hydrogens is 408 g/mol. The first-order chi connectivity index (χ1) is 13.4. The molecule has 0 aliphatic carbocycles. The summed E-state index contributed by atoms with van der Waals surface area (Å²) in [5.41, 5.74) is 11.0. The van der Waals surface area contributed by atoms with E-state index in [4.69, 9.17) is 16.2 Å². The standard InChI is InChI=1S/C8H16N2O5.C7H14N2O5.CH4/c1-6(2)7(9)8(11)14-4-3-5-15-10(12)13;1-5(2)6(8)7(10)13-3-4-14-9(11)12;/h6-7H,3-5,9H2,1-2H3;5-6H,3-4,8H2,1-2H3;1H4. The van der Waals surface area contributed by atoms with Crippen LogP contribution in [-0.4, -0.2) is 60.6 Å². The molecule has 30 heavy (non-hydrogen) atoms. The maximum atomic E-state index is 11.2. The fourth-order valence-electron chi connectivity index (χ4n) is 1.36. The molecule has 2 atom stereocenters. The molecule has 0 aliphatic heterocycles. The van der Waals surface area contributed by atoms with Crippen LogP contribution in [0.15, 0.2) is 0 Å². The highest BCUT2D eigenvalue weighted by Gasteiger charge is 2.19. The summed E-state index contributed by atoms with van der Waals surface area (Å²) in [4.78, 5) is 49.6. The van der Waals surface area contributed by atoms with Crippen LogP contribution in [0.3, 0.4) is 0 Å². The maximum absolute atomic E-state index is 11.2. The van der Waals surface area contributed by atoms with Gasteiger partial charge in [-0.05, 0) is 11.8 Å². The van der Waals surface area contributed by atoms with Crippen LogP contribution in [0.2, 0.25) is 0 Å². The summed E-state index contributed by atoms with van der Waals surface area (Å²) >= 11 is 0. The van der Waals surface area contributed by atoms with Gasteiger partial charge in [0.25, 0.3) is 10.2 Å². The van der Waals surface area contributed by atoms with Crippen molar-refractivity contribution in [1.29, 1.82) is 0 Å². The lowest BCUT2D eigenvalue weighted by atomic mass is 10.1. The number of ether oxygens (including phenoxy) is 2. The van der Waals surface area contributed by atoms with E-state index in [9.17, 15) is 29.8 Å². The Morgan fingerprint density at radius 2 is 1.13 bits per heavy atom. The third-order valence-electron chi connectivity index (χ3n) is 3.23. The molecule has 0 spiro atoms. The Labute approximate surface area is 175 Å². The topological polar surface area (TPSA) is 209 Å². The Kier molecular flexibility index (Phi) is 19.5. The monoisotopic (exact) mass is 442 g/mol. The van der Waals surface area contributed by atoms with Gasteiger partial charge in [-0.25, -0.2) is 0 Å². The van der Waals surface area contributed by atoms with Gasteiger partial charge in [0.15, 0.2) is 0 Å². The molecular formula is C16H34N4O10. The summed E-state index contributed by atoms with van der Waals surface area (Å²) in [7, 11) is 0. The molecule has 178 valence electrons. The van der Waals surface area contributed by atoms with Crippen LogP contribution < -0.4 is 11.5 Å². The summed E-state index contributed by atoms with van der Waals surface area (Å²) in [5, 5.41) is 17.6. The lowest BCUT2D eigenvalue weighted by Crippen LogP contribution is -2.37. The number of esters is 2. The van der Waals surface area contributed by atoms with E-state index in [1.54, 1.807) is 13.8 Å². The molecule has 14 heteroatoms. The van der Waals surface area contributed by atoms with Gasteiger partial charge in [-0.2, -0.15) is 0 Å². The van der Waals surface area contributed by atoms with E-state index in [0.717, 1.165) is 0 Å². The van der Waals surface area contributed by atoms with Crippen molar-refractivity contribution in [3.8, 4) is 0 Å². The van der Waals surface area contributed by atoms with E-state index in [1.165, 1.54) is 0 Å². The summed E-state index contributed by atoms with van der Waals surface area (Å²) in [6, 6.07) is -1.35. The lowest BCUT2D eigenvalue weighted by Gasteiger charge is -2.14. The SMILES string of the molecule is C.CC(C)C(N)C(=O)OCCCO[N+](=O)[O-].CC(C)C(N)C(=O)OCCO[N+](=O)[O-]. The molecule has 0 aromatic heterocycles. The van der Waals surface area contributed by atoms with Crippen LogP contribution >= 0.6 is 0 Å². The van der Waals surface area contributed by atoms with Crippen molar-refractivity contribution in [2.24, 2.45) is 23.3 Å². The largest absolute Gasteiger partial charge is 0.464 e. The Balaban J connectivity index is -0.000000471.